The Balaban J connectivity index is 2.00. The normalized spacial score (nSPS) is 10.8. The van der Waals surface area contributed by atoms with Crippen LogP contribution in [0.1, 0.15) is 44.0 Å². The fourth-order valence-electron chi connectivity index (χ4n) is 1.99. The van der Waals surface area contributed by atoms with Gasteiger partial charge in [-0.25, -0.2) is 0 Å². The maximum absolute atomic E-state index is 5.33. The number of aromatic nitrogens is 2. The SMILES string of the molecule is CCCCCCc1noc(-c2ccccc2C)n1. The molecule has 1 aromatic carbocycles. The first-order valence-electron chi connectivity index (χ1n) is 6.70. The van der Waals surface area contributed by atoms with Crippen LogP contribution in [-0.2, 0) is 6.42 Å². The van der Waals surface area contributed by atoms with Gasteiger partial charge in [-0.1, -0.05) is 49.5 Å². The van der Waals surface area contributed by atoms with Gasteiger partial charge in [0.25, 0.3) is 5.89 Å². The second-order valence-corrected chi connectivity index (χ2v) is 4.64. The molecule has 96 valence electrons. The Kier molecular flexibility index (Phi) is 4.51. The molecule has 0 bridgehead atoms. The standard InChI is InChI=1S/C15H20N2O/c1-3-4-5-6-11-14-16-15(18-17-14)13-10-8-7-9-12(13)2/h7-10H,3-6,11H2,1-2H3. The molecule has 0 amide bonds. The molecule has 3 heteroatoms. The number of hydrogen-bond acceptors (Lipinski definition) is 3. The summed E-state index contributed by atoms with van der Waals surface area (Å²) < 4.78 is 5.33. The van der Waals surface area contributed by atoms with Crippen molar-refractivity contribution in [3.63, 3.8) is 0 Å². The molecular formula is C15H20N2O. The van der Waals surface area contributed by atoms with E-state index in [9.17, 15) is 0 Å². The molecular weight excluding hydrogens is 224 g/mol. The third kappa shape index (κ3) is 3.19. The quantitative estimate of drug-likeness (QED) is 0.716. The van der Waals surface area contributed by atoms with Gasteiger partial charge in [0, 0.05) is 12.0 Å². The monoisotopic (exact) mass is 244 g/mol. The van der Waals surface area contributed by atoms with Gasteiger partial charge in [-0.3, -0.25) is 0 Å². The van der Waals surface area contributed by atoms with E-state index in [0.29, 0.717) is 5.89 Å². The van der Waals surface area contributed by atoms with Crippen LogP contribution >= 0.6 is 0 Å². The minimum absolute atomic E-state index is 0.638. The van der Waals surface area contributed by atoms with Crippen LogP contribution in [0.5, 0.6) is 0 Å². The predicted molar refractivity (Wildman–Crippen MR) is 72.3 cm³/mol. The molecule has 1 heterocycles. The van der Waals surface area contributed by atoms with Gasteiger partial charge < -0.3 is 4.52 Å². The third-order valence-corrected chi connectivity index (χ3v) is 3.10. The highest BCUT2D eigenvalue weighted by Gasteiger charge is 2.10. The number of nitrogens with zero attached hydrogens (tertiary/aromatic N) is 2. The summed E-state index contributed by atoms with van der Waals surface area (Å²) in [5, 5.41) is 4.05. The fourth-order valence-corrected chi connectivity index (χ4v) is 1.99. The summed E-state index contributed by atoms with van der Waals surface area (Å²) in [6.07, 6.45) is 5.82. The van der Waals surface area contributed by atoms with Gasteiger partial charge in [-0.2, -0.15) is 4.98 Å². The topological polar surface area (TPSA) is 38.9 Å². The lowest BCUT2D eigenvalue weighted by Gasteiger charge is -1.97. The Bertz CT molecular complexity index is 491. The van der Waals surface area contributed by atoms with Gasteiger partial charge >= 0.3 is 0 Å². The highest BCUT2D eigenvalue weighted by atomic mass is 16.5. The van der Waals surface area contributed by atoms with E-state index in [4.69, 9.17) is 4.52 Å². The molecule has 0 saturated heterocycles. The first-order chi connectivity index (χ1) is 8.81. The van der Waals surface area contributed by atoms with Crippen molar-refractivity contribution in [2.45, 2.75) is 46.0 Å². The summed E-state index contributed by atoms with van der Waals surface area (Å²) in [6, 6.07) is 8.08. The van der Waals surface area contributed by atoms with E-state index in [0.717, 1.165) is 24.2 Å². The molecule has 0 unspecified atom stereocenters. The average Bonchev–Trinajstić information content (AvgIpc) is 2.84. The van der Waals surface area contributed by atoms with Crippen molar-refractivity contribution in [3.8, 4) is 11.5 Å². The molecule has 0 fully saturated rings. The molecule has 0 saturated carbocycles. The smallest absolute Gasteiger partial charge is 0.258 e. The average molecular weight is 244 g/mol. The van der Waals surface area contributed by atoms with Crippen molar-refractivity contribution >= 4 is 0 Å². The Morgan fingerprint density at radius 1 is 1.11 bits per heavy atom. The molecule has 18 heavy (non-hydrogen) atoms. The van der Waals surface area contributed by atoms with Crippen molar-refractivity contribution < 1.29 is 4.52 Å². The first-order valence-corrected chi connectivity index (χ1v) is 6.70. The number of aryl methyl sites for hydroxylation is 2. The number of hydrogen-bond donors (Lipinski definition) is 0. The number of rotatable bonds is 6. The van der Waals surface area contributed by atoms with Gasteiger partial charge in [-0.15, -0.1) is 0 Å². The highest BCUT2D eigenvalue weighted by Crippen LogP contribution is 2.21. The van der Waals surface area contributed by atoms with Crippen molar-refractivity contribution in [2.24, 2.45) is 0 Å². The van der Waals surface area contributed by atoms with E-state index >= 15 is 0 Å². The molecule has 0 aliphatic heterocycles. The van der Waals surface area contributed by atoms with Gasteiger partial charge in [0.05, 0.1) is 0 Å². The van der Waals surface area contributed by atoms with E-state index < -0.39 is 0 Å². The van der Waals surface area contributed by atoms with E-state index in [1.165, 1.54) is 24.8 Å². The van der Waals surface area contributed by atoms with Crippen LogP contribution in [0.2, 0.25) is 0 Å². The lowest BCUT2D eigenvalue weighted by atomic mass is 10.1. The van der Waals surface area contributed by atoms with Crippen LogP contribution in [-0.4, -0.2) is 10.1 Å². The molecule has 1 aromatic heterocycles. The van der Waals surface area contributed by atoms with Crippen molar-refractivity contribution in [1.29, 1.82) is 0 Å². The third-order valence-electron chi connectivity index (χ3n) is 3.10. The summed E-state index contributed by atoms with van der Waals surface area (Å²) in [5.41, 5.74) is 2.20. The molecule has 0 aliphatic carbocycles. The Morgan fingerprint density at radius 2 is 1.94 bits per heavy atom. The van der Waals surface area contributed by atoms with E-state index in [-0.39, 0.29) is 0 Å². The maximum Gasteiger partial charge on any atom is 0.258 e. The summed E-state index contributed by atoms with van der Waals surface area (Å²) >= 11 is 0. The largest absolute Gasteiger partial charge is 0.334 e. The van der Waals surface area contributed by atoms with E-state index in [1.807, 2.05) is 18.2 Å². The fraction of sp³-hybridized carbons (Fsp3) is 0.467. The molecule has 2 rings (SSSR count). The van der Waals surface area contributed by atoms with E-state index in [1.54, 1.807) is 0 Å². The van der Waals surface area contributed by atoms with E-state index in [2.05, 4.69) is 30.1 Å². The first kappa shape index (κ1) is 12.8. The van der Waals surface area contributed by atoms with Crippen molar-refractivity contribution in [1.82, 2.24) is 10.1 Å². The van der Waals surface area contributed by atoms with Crippen LogP contribution in [0.15, 0.2) is 28.8 Å². The zero-order valence-corrected chi connectivity index (χ0v) is 11.1. The molecule has 2 aromatic rings. The maximum atomic E-state index is 5.33. The molecule has 0 N–H and O–H groups in total. The second kappa shape index (κ2) is 6.34. The van der Waals surface area contributed by atoms with Crippen molar-refractivity contribution in [3.05, 3.63) is 35.7 Å². The zero-order chi connectivity index (χ0) is 12.8. The van der Waals surface area contributed by atoms with Gasteiger partial charge in [-0.05, 0) is 25.0 Å². The summed E-state index contributed by atoms with van der Waals surface area (Å²) in [4.78, 5) is 4.46. The van der Waals surface area contributed by atoms with Gasteiger partial charge in [0.1, 0.15) is 0 Å². The minimum atomic E-state index is 0.638. The zero-order valence-electron chi connectivity index (χ0n) is 11.1. The summed E-state index contributed by atoms with van der Waals surface area (Å²) in [5.74, 6) is 1.46. The number of benzene rings is 1. The molecule has 3 nitrogen and oxygen atoms in total. The number of unbranched alkanes of at least 4 members (excludes halogenated alkanes) is 3. The highest BCUT2D eigenvalue weighted by molar-refractivity contribution is 5.57. The van der Waals surface area contributed by atoms with Crippen molar-refractivity contribution in [2.75, 3.05) is 0 Å². The lowest BCUT2D eigenvalue weighted by Crippen LogP contribution is -1.89. The molecule has 0 spiro atoms. The second-order valence-electron chi connectivity index (χ2n) is 4.64. The summed E-state index contributed by atoms with van der Waals surface area (Å²) in [7, 11) is 0. The molecule has 0 radical (unpaired) electrons. The van der Waals surface area contributed by atoms with Crippen LogP contribution in [0.3, 0.4) is 0 Å². The predicted octanol–water partition coefficient (Wildman–Crippen LogP) is 4.17. The van der Waals surface area contributed by atoms with Gasteiger partial charge in [0.2, 0.25) is 0 Å². The molecule has 0 atom stereocenters. The van der Waals surface area contributed by atoms with Gasteiger partial charge in [0.15, 0.2) is 5.82 Å². The summed E-state index contributed by atoms with van der Waals surface area (Å²) in [6.45, 7) is 4.27. The Labute approximate surface area is 108 Å². The van der Waals surface area contributed by atoms with Crippen LogP contribution in [0.25, 0.3) is 11.5 Å². The Morgan fingerprint density at radius 3 is 2.72 bits per heavy atom. The molecule has 0 aliphatic rings. The van der Waals surface area contributed by atoms with Crippen LogP contribution in [0.4, 0.5) is 0 Å². The lowest BCUT2D eigenvalue weighted by molar-refractivity contribution is 0.421. The van der Waals surface area contributed by atoms with Crippen LogP contribution < -0.4 is 0 Å². The van der Waals surface area contributed by atoms with Crippen LogP contribution in [0, 0.1) is 6.92 Å². The minimum Gasteiger partial charge on any atom is -0.334 e. The Hall–Kier alpha value is -1.64.